The molecule has 7 heteroatoms. The molecule has 1 aliphatic rings. The highest BCUT2D eigenvalue weighted by Gasteiger charge is 2.28. The molecule has 0 N–H and O–H groups in total. The van der Waals surface area contributed by atoms with Crippen molar-refractivity contribution in [3.05, 3.63) is 87.6 Å². The van der Waals surface area contributed by atoms with Gasteiger partial charge in [-0.05, 0) is 54.1 Å². The zero-order valence-electron chi connectivity index (χ0n) is 17.4. The number of ether oxygens (including phenoxy) is 4. The summed E-state index contributed by atoms with van der Waals surface area (Å²) in [6.07, 6.45) is 1.73. The Morgan fingerprint density at radius 1 is 0.969 bits per heavy atom. The quantitative estimate of drug-likeness (QED) is 0.265. The number of fused-ring (bicyclic) bond motifs is 1. The summed E-state index contributed by atoms with van der Waals surface area (Å²) in [5.74, 6) is 1.46. The minimum atomic E-state index is -0.422. The Morgan fingerprint density at radius 3 is 2.44 bits per heavy atom. The molecule has 0 saturated carbocycles. The van der Waals surface area contributed by atoms with Crippen LogP contribution in [0.4, 0.5) is 0 Å². The molecule has 0 amide bonds. The molecule has 3 aromatic carbocycles. The van der Waals surface area contributed by atoms with E-state index in [1.807, 2.05) is 12.1 Å². The van der Waals surface area contributed by atoms with Crippen LogP contribution in [0.25, 0.3) is 6.08 Å². The maximum atomic E-state index is 12.7. The normalized spacial score (nSPS) is 13.5. The van der Waals surface area contributed by atoms with E-state index in [0.717, 1.165) is 10.0 Å². The van der Waals surface area contributed by atoms with Gasteiger partial charge in [-0.3, -0.25) is 9.59 Å². The summed E-state index contributed by atoms with van der Waals surface area (Å²) < 4.78 is 22.5. The minimum absolute atomic E-state index is 0.106. The van der Waals surface area contributed by atoms with Crippen molar-refractivity contribution in [2.45, 2.75) is 6.42 Å². The van der Waals surface area contributed by atoms with E-state index in [4.69, 9.17) is 18.9 Å². The predicted molar refractivity (Wildman–Crippen MR) is 122 cm³/mol. The summed E-state index contributed by atoms with van der Waals surface area (Å²) >= 11 is 3.42. The topological polar surface area (TPSA) is 71.1 Å². The number of hydrogen-bond donors (Lipinski definition) is 0. The highest BCUT2D eigenvalue weighted by atomic mass is 79.9. The van der Waals surface area contributed by atoms with Crippen molar-refractivity contribution in [1.29, 1.82) is 0 Å². The molecule has 6 nitrogen and oxygen atoms in total. The fourth-order valence-electron chi connectivity index (χ4n) is 3.27. The molecule has 1 aliphatic heterocycles. The van der Waals surface area contributed by atoms with Gasteiger partial charge in [-0.15, -0.1) is 0 Å². The van der Waals surface area contributed by atoms with Gasteiger partial charge in [0.05, 0.1) is 26.2 Å². The Balaban J connectivity index is 1.49. The monoisotopic (exact) mass is 494 g/mol. The number of esters is 1. The van der Waals surface area contributed by atoms with Crippen molar-refractivity contribution in [2.24, 2.45) is 0 Å². The third-order valence-electron chi connectivity index (χ3n) is 4.86. The first kappa shape index (κ1) is 21.6. The zero-order valence-corrected chi connectivity index (χ0v) is 19.0. The second kappa shape index (κ2) is 9.28. The summed E-state index contributed by atoms with van der Waals surface area (Å²) in [4.78, 5) is 25.1. The second-order valence-electron chi connectivity index (χ2n) is 6.98. The van der Waals surface area contributed by atoms with E-state index in [0.29, 0.717) is 34.1 Å². The lowest BCUT2D eigenvalue weighted by atomic mass is 10.1. The first-order chi connectivity index (χ1) is 15.5. The zero-order chi connectivity index (χ0) is 22.7. The average Bonchev–Trinajstić information content (AvgIpc) is 3.09. The van der Waals surface area contributed by atoms with Gasteiger partial charge in [0.2, 0.25) is 5.78 Å². The molecule has 1 heterocycles. The summed E-state index contributed by atoms with van der Waals surface area (Å²) in [6.45, 7) is 0. The first-order valence-corrected chi connectivity index (χ1v) is 10.5. The van der Waals surface area contributed by atoms with E-state index in [1.54, 1.807) is 62.8 Å². The lowest BCUT2D eigenvalue weighted by Crippen LogP contribution is -2.11. The number of allylic oxidation sites excluding steroid dienone is 1. The van der Waals surface area contributed by atoms with Gasteiger partial charge in [0.15, 0.2) is 5.76 Å². The van der Waals surface area contributed by atoms with Gasteiger partial charge >= 0.3 is 5.97 Å². The van der Waals surface area contributed by atoms with Crippen LogP contribution in [-0.2, 0) is 11.2 Å². The van der Waals surface area contributed by atoms with Gasteiger partial charge in [0.1, 0.15) is 23.0 Å². The van der Waals surface area contributed by atoms with E-state index < -0.39 is 5.97 Å². The fourth-order valence-corrected chi connectivity index (χ4v) is 3.65. The third kappa shape index (κ3) is 4.68. The van der Waals surface area contributed by atoms with Gasteiger partial charge in [-0.25, -0.2) is 0 Å². The SMILES string of the molecule is COc1ccc(CC(=O)Oc2ccc3c(c2)O/C(=C\c2cc(Br)ccc2OC)C3=O)cc1. The molecule has 0 bridgehead atoms. The predicted octanol–water partition coefficient (Wildman–Crippen LogP) is 5.23. The Hall–Kier alpha value is -3.58. The van der Waals surface area contributed by atoms with E-state index >= 15 is 0 Å². The highest BCUT2D eigenvalue weighted by molar-refractivity contribution is 9.10. The van der Waals surface area contributed by atoms with Gasteiger partial charge in [0, 0.05) is 16.1 Å². The molecule has 0 aromatic heterocycles. The number of carbonyl (C=O) groups is 2. The van der Waals surface area contributed by atoms with Crippen LogP contribution in [0.15, 0.2) is 70.9 Å². The minimum Gasteiger partial charge on any atom is -0.497 e. The molecule has 0 radical (unpaired) electrons. The van der Waals surface area contributed by atoms with Crippen LogP contribution in [0, 0.1) is 0 Å². The van der Waals surface area contributed by atoms with Crippen LogP contribution < -0.4 is 18.9 Å². The second-order valence-corrected chi connectivity index (χ2v) is 7.90. The number of Topliss-reactive ketones (excluding diaryl/α,β-unsaturated/α-hetero) is 1. The van der Waals surface area contributed by atoms with Crippen molar-refractivity contribution in [3.8, 4) is 23.0 Å². The van der Waals surface area contributed by atoms with E-state index in [2.05, 4.69) is 15.9 Å². The summed E-state index contributed by atoms with van der Waals surface area (Å²) in [6, 6.07) is 17.4. The number of benzene rings is 3. The van der Waals surface area contributed by atoms with Gasteiger partial charge in [-0.2, -0.15) is 0 Å². The fraction of sp³-hybridized carbons (Fsp3) is 0.120. The van der Waals surface area contributed by atoms with Crippen molar-refractivity contribution < 1.29 is 28.5 Å². The lowest BCUT2D eigenvalue weighted by molar-refractivity contribution is -0.133. The Bertz CT molecular complexity index is 1210. The van der Waals surface area contributed by atoms with Crippen molar-refractivity contribution in [3.63, 3.8) is 0 Å². The molecule has 162 valence electrons. The molecule has 0 aliphatic carbocycles. The van der Waals surface area contributed by atoms with Crippen molar-refractivity contribution in [1.82, 2.24) is 0 Å². The Labute approximate surface area is 193 Å². The van der Waals surface area contributed by atoms with Crippen LogP contribution in [0.2, 0.25) is 0 Å². The van der Waals surface area contributed by atoms with Gasteiger partial charge in [-0.1, -0.05) is 28.1 Å². The third-order valence-corrected chi connectivity index (χ3v) is 5.35. The number of carbonyl (C=O) groups excluding carboxylic acids is 2. The number of halogens is 1. The standard InChI is InChI=1S/C25H19BrO6/c1-29-18-6-3-15(4-7-18)11-24(27)31-19-8-9-20-22(14-19)32-23(25(20)28)13-16-12-17(26)5-10-21(16)30-2/h3-10,12-14H,11H2,1-2H3/b23-13-. The number of ketones is 1. The maximum absolute atomic E-state index is 12.7. The van der Waals surface area contributed by atoms with E-state index in [9.17, 15) is 9.59 Å². The number of rotatable bonds is 6. The highest BCUT2D eigenvalue weighted by Crippen LogP contribution is 2.36. The Morgan fingerprint density at radius 2 is 1.72 bits per heavy atom. The van der Waals surface area contributed by atoms with Crippen LogP contribution in [0.1, 0.15) is 21.5 Å². The molecule has 0 saturated heterocycles. The van der Waals surface area contributed by atoms with Gasteiger partial charge in [0.25, 0.3) is 0 Å². The molecular formula is C25H19BrO6. The largest absolute Gasteiger partial charge is 0.497 e. The van der Waals surface area contributed by atoms with Crippen LogP contribution in [-0.4, -0.2) is 26.0 Å². The molecule has 0 unspecified atom stereocenters. The lowest BCUT2D eigenvalue weighted by Gasteiger charge is -2.07. The van der Waals surface area contributed by atoms with Crippen LogP contribution in [0.5, 0.6) is 23.0 Å². The maximum Gasteiger partial charge on any atom is 0.315 e. The molecular weight excluding hydrogens is 476 g/mol. The number of methoxy groups -OCH3 is 2. The molecule has 32 heavy (non-hydrogen) atoms. The summed E-state index contributed by atoms with van der Waals surface area (Å²) in [5.41, 5.74) is 1.90. The summed E-state index contributed by atoms with van der Waals surface area (Å²) in [7, 11) is 3.14. The molecule has 0 spiro atoms. The molecule has 3 aromatic rings. The van der Waals surface area contributed by atoms with E-state index in [1.165, 1.54) is 6.07 Å². The van der Waals surface area contributed by atoms with Crippen LogP contribution in [0.3, 0.4) is 0 Å². The van der Waals surface area contributed by atoms with Crippen LogP contribution >= 0.6 is 15.9 Å². The smallest absolute Gasteiger partial charge is 0.315 e. The first-order valence-electron chi connectivity index (χ1n) is 9.72. The van der Waals surface area contributed by atoms with Gasteiger partial charge < -0.3 is 18.9 Å². The van der Waals surface area contributed by atoms with E-state index in [-0.39, 0.29) is 18.0 Å². The molecule has 0 atom stereocenters. The average molecular weight is 495 g/mol. The summed E-state index contributed by atoms with van der Waals surface area (Å²) in [5, 5.41) is 0. The van der Waals surface area contributed by atoms with Crippen molar-refractivity contribution in [2.75, 3.05) is 14.2 Å². The van der Waals surface area contributed by atoms with Crippen molar-refractivity contribution >= 4 is 33.8 Å². The Kier molecular flexibility index (Phi) is 6.28. The molecule has 4 rings (SSSR count). The molecule has 0 fully saturated rings. The number of hydrogen-bond acceptors (Lipinski definition) is 6.